The van der Waals surface area contributed by atoms with Crippen molar-refractivity contribution in [2.75, 3.05) is 18.1 Å². The van der Waals surface area contributed by atoms with Crippen molar-refractivity contribution in [1.29, 1.82) is 0 Å². The molecule has 2 aliphatic heterocycles. The van der Waals surface area contributed by atoms with Crippen molar-refractivity contribution < 1.29 is 0 Å². The predicted octanol–water partition coefficient (Wildman–Crippen LogP) is 1.93. The van der Waals surface area contributed by atoms with Gasteiger partial charge in [-0.15, -0.1) is 0 Å². The van der Waals surface area contributed by atoms with Gasteiger partial charge in [0.25, 0.3) is 0 Å². The Hall–Kier alpha value is -0.480. The minimum Gasteiger partial charge on any atom is -0.335 e. The third kappa shape index (κ3) is 2.86. The summed E-state index contributed by atoms with van der Waals surface area (Å²) in [5.74, 6) is 4.74. The fourth-order valence-corrected chi connectivity index (χ4v) is 3.95. The van der Waals surface area contributed by atoms with Crippen LogP contribution in [0.4, 0.5) is 0 Å². The van der Waals surface area contributed by atoms with Gasteiger partial charge >= 0.3 is 0 Å². The van der Waals surface area contributed by atoms with Gasteiger partial charge < -0.3 is 9.88 Å². The van der Waals surface area contributed by atoms with Crippen molar-refractivity contribution in [3.05, 3.63) is 18.2 Å². The first-order valence-electron chi connectivity index (χ1n) is 6.73. The van der Waals surface area contributed by atoms with E-state index in [-0.39, 0.29) is 0 Å². The van der Waals surface area contributed by atoms with Crippen LogP contribution >= 0.6 is 11.8 Å². The van der Waals surface area contributed by atoms with Crippen LogP contribution in [0.1, 0.15) is 25.1 Å². The van der Waals surface area contributed by atoms with E-state index in [1.165, 1.54) is 43.1 Å². The number of nitrogens with zero attached hydrogens (tertiary/aromatic N) is 2. The standard InChI is InChI=1S/C13H21N3S/c1-2-12(10-17-7-1)15-8-11-3-4-13-14-5-6-16(13)9-11/h5-6,11-12,15H,1-4,7-10H2/t11-,12+/m0/s1. The van der Waals surface area contributed by atoms with E-state index in [4.69, 9.17) is 0 Å². The number of hydrogen-bond acceptors (Lipinski definition) is 3. The van der Waals surface area contributed by atoms with E-state index in [2.05, 4.69) is 32.8 Å². The SMILES string of the molecule is c1cn2c(n1)CC[C@@H](CN[C@@H]1CCCSC1)C2. The zero-order valence-electron chi connectivity index (χ0n) is 10.3. The topological polar surface area (TPSA) is 29.9 Å². The molecule has 2 aliphatic rings. The number of hydrogen-bond donors (Lipinski definition) is 1. The molecular weight excluding hydrogens is 230 g/mol. The first kappa shape index (κ1) is 11.6. The van der Waals surface area contributed by atoms with Gasteiger partial charge in [0.15, 0.2) is 0 Å². The highest BCUT2D eigenvalue weighted by atomic mass is 32.2. The van der Waals surface area contributed by atoms with E-state index in [0.717, 1.165) is 24.9 Å². The molecular formula is C13H21N3S. The largest absolute Gasteiger partial charge is 0.335 e. The van der Waals surface area contributed by atoms with Crippen LogP contribution < -0.4 is 5.32 Å². The molecule has 3 nitrogen and oxygen atoms in total. The van der Waals surface area contributed by atoms with Gasteiger partial charge in [-0.05, 0) is 37.5 Å². The normalized spacial score (nSPS) is 28.9. The Morgan fingerprint density at radius 3 is 3.35 bits per heavy atom. The summed E-state index contributed by atoms with van der Waals surface area (Å²) in [4.78, 5) is 4.38. The van der Waals surface area contributed by atoms with Crippen LogP contribution in [-0.4, -0.2) is 33.6 Å². The summed E-state index contributed by atoms with van der Waals surface area (Å²) in [7, 11) is 0. The Morgan fingerprint density at radius 1 is 1.47 bits per heavy atom. The first-order valence-corrected chi connectivity index (χ1v) is 7.88. The van der Waals surface area contributed by atoms with Crippen molar-refractivity contribution >= 4 is 11.8 Å². The smallest absolute Gasteiger partial charge is 0.108 e. The molecule has 1 fully saturated rings. The lowest BCUT2D eigenvalue weighted by Gasteiger charge is -2.28. The first-order chi connectivity index (χ1) is 8.42. The summed E-state index contributed by atoms with van der Waals surface area (Å²) in [5.41, 5.74) is 0. The molecule has 0 unspecified atom stereocenters. The van der Waals surface area contributed by atoms with Gasteiger partial charge in [0.2, 0.25) is 0 Å². The molecule has 2 atom stereocenters. The molecule has 0 radical (unpaired) electrons. The average molecular weight is 251 g/mol. The van der Waals surface area contributed by atoms with Crippen molar-refractivity contribution in [2.45, 2.75) is 38.3 Å². The van der Waals surface area contributed by atoms with Gasteiger partial charge in [0.05, 0.1) is 0 Å². The minimum atomic E-state index is 0.762. The maximum absolute atomic E-state index is 4.38. The molecule has 94 valence electrons. The van der Waals surface area contributed by atoms with Crippen molar-refractivity contribution in [1.82, 2.24) is 14.9 Å². The van der Waals surface area contributed by atoms with E-state index in [1.807, 2.05) is 6.20 Å². The zero-order valence-corrected chi connectivity index (χ0v) is 11.1. The minimum absolute atomic E-state index is 0.762. The van der Waals surface area contributed by atoms with Crippen LogP contribution in [0.5, 0.6) is 0 Å². The molecule has 1 N–H and O–H groups in total. The summed E-state index contributed by atoms with van der Waals surface area (Å²) in [6.45, 7) is 2.34. The molecule has 1 saturated heterocycles. The van der Waals surface area contributed by atoms with E-state index in [1.54, 1.807) is 0 Å². The van der Waals surface area contributed by atoms with Crippen LogP contribution in [0.15, 0.2) is 12.4 Å². The van der Waals surface area contributed by atoms with Gasteiger partial charge in [-0.1, -0.05) is 0 Å². The molecule has 1 aromatic rings. The molecule has 0 bridgehead atoms. The molecule has 3 heterocycles. The lowest BCUT2D eigenvalue weighted by atomic mass is 9.99. The Bertz CT molecular complexity index is 357. The molecule has 0 amide bonds. The predicted molar refractivity (Wildman–Crippen MR) is 72.4 cm³/mol. The van der Waals surface area contributed by atoms with Gasteiger partial charge in [-0.2, -0.15) is 11.8 Å². The highest BCUT2D eigenvalue weighted by Gasteiger charge is 2.20. The number of aryl methyl sites for hydroxylation is 1. The second-order valence-electron chi connectivity index (χ2n) is 5.22. The molecule has 0 spiro atoms. The number of fused-ring (bicyclic) bond motifs is 1. The molecule has 0 saturated carbocycles. The fraction of sp³-hybridized carbons (Fsp3) is 0.769. The van der Waals surface area contributed by atoms with E-state index in [0.29, 0.717) is 0 Å². The molecule has 17 heavy (non-hydrogen) atoms. The van der Waals surface area contributed by atoms with Crippen molar-refractivity contribution in [3.63, 3.8) is 0 Å². The quantitative estimate of drug-likeness (QED) is 0.890. The average Bonchev–Trinajstić information content (AvgIpc) is 2.85. The monoisotopic (exact) mass is 251 g/mol. The van der Waals surface area contributed by atoms with E-state index in [9.17, 15) is 0 Å². The van der Waals surface area contributed by atoms with Crippen molar-refractivity contribution in [2.24, 2.45) is 5.92 Å². The maximum atomic E-state index is 4.38. The highest BCUT2D eigenvalue weighted by Crippen LogP contribution is 2.20. The summed E-state index contributed by atoms with van der Waals surface area (Å²) in [5, 5.41) is 3.76. The molecule has 4 heteroatoms. The van der Waals surface area contributed by atoms with Crippen LogP contribution in [-0.2, 0) is 13.0 Å². The summed E-state index contributed by atoms with van der Waals surface area (Å²) < 4.78 is 2.32. The number of thioether (sulfide) groups is 1. The Balaban J connectivity index is 1.47. The van der Waals surface area contributed by atoms with Gasteiger partial charge in [0.1, 0.15) is 5.82 Å². The van der Waals surface area contributed by atoms with Crippen LogP contribution in [0.3, 0.4) is 0 Å². The third-order valence-corrected chi connectivity index (χ3v) is 5.10. The second kappa shape index (κ2) is 5.44. The molecule has 0 aromatic carbocycles. The van der Waals surface area contributed by atoms with Gasteiger partial charge in [-0.3, -0.25) is 0 Å². The molecule has 3 rings (SSSR count). The fourth-order valence-electron chi connectivity index (χ4n) is 2.84. The van der Waals surface area contributed by atoms with E-state index < -0.39 is 0 Å². The number of nitrogens with one attached hydrogen (secondary N) is 1. The molecule has 0 aliphatic carbocycles. The lowest BCUT2D eigenvalue weighted by Crippen LogP contribution is -2.39. The maximum Gasteiger partial charge on any atom is 0.108 e. The van der Waals surface area contributed by atoms with Crippen LogP contribution in [0.25, 0.3) is 0 Å². The lowest BCUT2D eigenvalue weighted by molar-refractivity contribution is 0.331. The second-order valence-corrected chi connectivity index (χ2v) is 6.37. The zero-order chi connectivity index (χ0) is 11.5. The Labute approximate surface area is 107 Å². The van der Waals surface area contributed by atoms with E-state index >= 15 is 0 Å². The highest BCUT2D eigenvalue weighted by molar-refractivity contribution is 7.99. The van der Waals surface area contributed by atoms with Gasteiger partial charge in [0, 0.05) is 37.2 Å². The van der Waals surface area contributed by atoms with Crippen LogP contribution in [0, 0.1) is 5.92 Å². The summed E-state index contributed by atoms with van der Waals surface area (Å²) in [6.07, 6.45) is 9.26. The third-order valence-electron chi connectivity index (χ3n) is 3.89. The molecule has 1 aromatic heterocycles. The number of imidazole rings is 1. The number of aromatic nitrogens is 2. The number of rotatable bonds is 3. The summed E-state index contributed by atoms with van der Waals surface area (Å²) in [6, 6.07) is 0.762. The van der Waals surface area contributed by atoms with Gasteiger partial charge in [-0.25, -0.2) is 4.98 Å². The van der Waals surface area contributed by atoms with Crippen LogP contribution in [0.2, 0.25) is 0 Å². The Morgan fingerprint density at radius 2 is 2.47 bits per heavy atom. The Kier molecular flexibility index (Phi) is 3.71. The summed E-state index contributed by atoms with van der Waals surface area (Å²) >= 11 is 2.10. The van der Waals surface area contributed by atoms with Crippen molar-refractivity contribution in [3.8, 4) is 0 Å².